The highest BCUT2D eigenvalue weighted by Crippen LogP contribution is 2.62. The molecule has 1 heterocycles. The summed E-state index contributed by atoms with van der Waals surface area (Å²) in [5.74, 6) is -3.22. The summed E-state index contributed by atoms with van der Waals surface area (Å²) >= 11 is 0. The number of amides is 1. The molecule has 4 atom stereocenters. The van der Waals surface area contributed by atoms with Gasteiger partial charge >= 0.3 is 0 Å². The van der Waals surface area contributed by atoms with Crippen molar-refractivity contribution in [2.75, 3.05) is 14.1 Å². The zero-order valence-electron chi connectivity index (χ0n) is 24.7. The van der Waals surface area contributed by atoms with Crippen molar-refractivity contribution in [1.82, 2.24) is 10.2 Å². The van der Waals surface area contributed by atoms with Crippen LogP contribution in [0, 0.1) is 10.8 Å². The molecule has 0 radical (unpaired) electrons. The lowest BCUT2D eigenvalue weighted by Crippen LogP contribution is -2.74. The molecular formula is C31H38N4O7. The molecule has 0 fully saturated rings. The molecule has 8 N–H and O–H groups in total. The van der Waals surface area contributed by atoms with Gasteiger partial charge in [0.1, 0.15) is 39.9 Å². The van der Waals surface area contributed by atoms with Gasteiger partial charge in [0.25, 0.3) is 5.91 Å². The molecule has 1 aromatic heterocycles. The number of hydrogen-bond acceptors (Lipinski definition) is 10. The first-order valence-electron chi connectivity index (χ1n) is 13.9. The second-order valence-corrected chi connectivity index (χ2v) is 12.8. The highest BCUT2D eigenvalue weighted by atomic mass is 16.3. The maximum Gasteiger partial charge on any atom is 0.255 e. The molecule has 0 aliphatic heterocycles. The fraction of sp³-hybridized carbons (Fsp3) is 0.452. The summed E-state index contributed by atoms with van der Waals surface area (Å²) in [4.78, 5) is 42.0. The second kappa shape index (κ2) is 9.55. The molecule has 0 saturated carbocycles. The maximum absolute atomic E-state index is 14.2. The minimum Gasteiger partial charge on any atom is -0.510 e. The fourth-order valence-corrected chi connectivity index (χ4v) is 7.55. The fourth-order valence-electron chi connectivity index (χ4n) is 7.55. The van der Waals surface area contributed by atoms with E-state index < -0.39 is 57.0 Å². The van der Waals surface area contributed by atoms with Crippen molar-refractivity contribution in [3.8, 4) is 17.1 Å². The standard InChI is InChI=1S/C31H38N4O7/c1-14(2)34-12-15-7-10-19(42-15)16-8-9-18(36)20-17(16)11-29(3)13-30(4)25(35(5)6)24(38)21(28(32)41)26(39)31(30,33)27(40)22(29)23(20)37/h7-10,14,25,34,36,38,40H,11-13,33H2,1-6H3,(H2,32,41)/t25?,29?,30?,31-/m1/s1. The summed E-state index contributed by atoms with van der Waals surface area (Å²) in [5.41, 5.74) is 7.88. The van der Waals surface area contributed by atoms with Gasteiger partial charge in [0, 0.05) is 28.0 Å². The number of likely N-dealkylation sites (N-methyl/N-ethyl adjacent to an activating group) is 1. The van der Waals surface area contributed by atoms with Crippen LogP contribution in [0.5, 0.6) is 5.75 Å². The number of aliphatic hydroxyl groups is 2. The molecule has 1 aromatic carbocycles. The quantitative estimate of drug-likeness (QED) is 0.278. The van der Waals surface area contributed by atoms with Gasteiger partial charge < -0.3 is 36.5 Å². The van der Waals surface area contributed by atoms with Gasteiger partial charge in [0.2, 0.25) is 0 Å². The Labute approximate surface area is 243 Å². The average molecular weight is 579 g/mol. The number of allylic oxidation sites excluding steroid dienone is 1. The molecule has 3 unspecified atom stereocenters. The van der Waals surface area contributed by atoms with E-state index in [2.05, 4.69) is 5.32 Å². The van der Waals surface area contributed by atoms with E-state index in [1.165, 1.54) is 6.07 Å². The number of ketones is 2. The molecule has 3 aliphatic carbocycles. The summed E-state index contributed by atoms with van der Waals surface area (Å²) in [6.07, 6.45) is 0.257. The molecule has 11 nitrogen and oxygen atoms in total. The summed E-state index contributed by atoms with van der Waals surface area (Å²) in [5, 5.41) is 37.2. The first-order valence-corrected chi connectivity index (χ1v) is 13.9. The molecule has 224 valence electrons. The number of aliphatic hydroxyl groups excluding tert-OH is 2. The summed E-state index contributed by atoms with van der Waals surface area (Å²) < 4.78 is 6.11. The van der Waals surface area contributed by atoms with Gasteiger partial charge in [-0.15, -0.1) is 0 Å². The SMILES string of the molecule is CC(C)NCc1ccc(-c2ccc(O)c3c2CC2(C)CC4(C)C(N(C)C)C(O)=C(C(N)=O)C(=O)[C@@]4(N)C(O)=C2C3=O)o1. The normalized spacial score (nSPS) is 29.2. The zero-order valence-corrected chi connectivity index (χ0v) is 24.7. The van der Waals surface area contributed by atoms with Gasteiger partial charge in [-0.2, -0.15) is 0 Å². The lowest BCUT2D eigenvalue weighted by Gasteiger charge is -2.60. The number of phenols is 1. The summed E-state index contributed by atoms with van der Waals surface area (Å²) in [6.45, 7) is 8.01. The Balaban J connectivity index is 1.72. The third kappa shape index (κ3) is 3.87. The molecule has 2 aromatic rings. The molecule has 3 aliphatic rings. The van der Waals surface area contributed by atoms with E-state index in [4.69, 9.17) is 15.9 Å². The summed E-state index contributed by atoms with van der Waals surface area (Å²) in [7, 11) is 3.30. The van der Waals surface area contributed by atoms with E-state index in [0.29, 0.717) is 29.2 Å². The smallest absolute Gasteiger partial charge is 0.255 e. The number of Topliss-reactive ketones (excluding diaryl/α,β-unsaturated/α-hetero) is 2. The first kappa shape index (κ1) is 29.6. The number of benzene rings is 1. The highest BCUT2D eigenvalue weighted by molar-refractivity contribution is 6.25. The number of phenolic OH excluding ortho intramolecular Hbond substituents is 1. The van der Waals surface area contributed by atoms with Crippen LogP contribution in [0.3, 0.4) is 0 Å². The zero-order chi connectivity index (χ0) is 31.1. The predicted octanol–water partition coefficient (Wildman–Crippen LogP) is 2.63. The van der Waals surface area contributed by atoms with Crippen molar-refractivity contribution < 1.29 is 34.1 Å². The van der Waals surface area contributed by atoms with E-state index in [0.717, 1.165) is 0 Å². The van der Waals surface area contributed by atoms with Crippen molar-refractivity contribution in [1.29, 1.82) is 0 Å². The number of fused-ring (bicyclic) bond motifs is 3. The van der Waals surface area contributed by atoms with Crippen molar-refractivity contribution in [2.24, 2.45) is 22.3 Å². The average Bonchev–Trinajstić information content (AvgIpc) is 3.33. The van der Waals surface area contributed by atoms with E-state index in [9.17, 15) is 29.7 Å². The third-order valence-electron chi connectivity index (χ3n) is 9.26. The number of furan rings is 1. The number of nitrogens with one attached hydrogen (secondary N) is 1. The van der Waals surface area contributed by atoms with E-state index in [-0.39, 0.29) is 35.8 Å². The first-order chi connectivity index (χ1) is 19.5. The Hall–Kier alpha value is -3.93. The molecule has 0 bridgehead atoms. The van der Waals surface area contributed by atoms with E-state index >= 15 is 0 Å². The van der Waals surface area contributed by atoms with Crippen LogP contribution < -0.4 is 16.8 Å². The van der Waals surface area contributed by atoms with Gasteiger partial charge in [0.05, 0.1) is 18.2 Å². The topological polar surface area (TPSA) is 192 Å². The van der Waals surface area contributed by atoms with Crippen molar-refractivity contribution in [3.05, 3.63) is 63.8 Å². The number of nitrogens with zero attached hydrogens (tertiary/aromatic N) is 1. The van der Waals surface area contributed by atoms with Crippen LogP contribution in [-0.2, 0) is 22.6 Å². The number of hydrogen-bond donors (Lipinski definition) is 6. The maximum atomic E-state index is 14.2. The van der Waals surface area contributed by atoms with Crippen LogP contribution in [0.4, 0.5) is 0 Å². The van der Waals surface area contributed by atoms with Crippen LogP contribution in [0.15, 0.2) is 51.3 Å². The van der Waals surface area contributed by atoms with Crippen molar-refractivity contribution in [3.63, 3.8) is 0 Å². The lowest BCUT2D eigenvalue weighted by molar-refractivity contribution is -0.135. The molecular weight excluding hydrogens is 540 g/mol. The minimum absolute atomic E-state index is 0.0158. The number of carbonyl (C=O) groups excluding carboxylic acids is 3. The number of rotatable bonds is 6. The van der Waals surface area contributed by atoms with Crippen LogP contribution in [0.25, 0.3) is 11.3 Å². The van der Waals surface area contributed by atoms with Crippen molar-refractivity contribution >= 4 is 17.5 Å². The van der Waals surface area contributed by atoms with Crippen LogP contribution in [-0.4, -0.2) is 69.4 Å². The Morgan fingerprint density at radius 1 is 1.14 bits per heavy atom. The number of primary amides is 1. The van der Waals surface area contributed by atoms with Crippen molar-refractivity contribution in [2.45, 2.75) is 64.7 Å². The third-order valence-corrected chi connectivity index (χ3v) is 9.26. The Bertz CT molecular complexity index is 1600. The minimum atomic E-state index is -2.26. The number of nitrogens with two attached hydrogens (primary N) is 2. The molecule has 5 rings (SSSR count). The van der Waals surface area contributed by atoms with Crippen LogP contribution >= 0.6 is 0 Å². The van der Waals surface area contributed by atoms with Gasteiger partial charge in [0.15, 0.2) is 11.6 Å². The monoisotopic (exact) mass is 578 g/mol. The van der Waals surface area contributed by atoms with E-state index in [1.54, 1.807) is 38.9 Å². The Kier molecular flexibility index (Phi) is 6.72. The Morgan fingerprint density at radius 2 is 1.81 bits per heavy atom. The van der Waals surface area contributed by atoms with Gasteiger partial charge in [-0.3, -0.25) is 19.3 Å². The summed E-state index contributed by atoms with van der Waals surface area (Å²) in [6, 6.07) is 6.00. The molecule has 11 heteroatoms. The largest absolute Gasteiger partial charge is 0.510 e. The molecule has 0 spiro atoms. The molecule has 0 saturated heterocycles. The lowest BCUT2D eigenvalue weighted by atomic mass is 9.46. The number of carbonyl (C=O) groups is 3. The highest BCUT2D eigenvalue weighted by Gasteiger charge is 2.70. The van der Waals surface area contributed by atoms with Gasteiger partial charge in [-0.05, 0) is 56.8 Å². The van der Waals surface area contributed by atoms with Crippen LogP contribution in [0.2, 0.25) is 0 Å². The second-order valence-electron chi connectivity index (χ2n) is 12.8. The predicted molar refractivity (Wildman–Crippen MR) is 155 cm³/mol. The van der Waals surface area contributed by atoms with E-state index in [1.807, 2.05) is 26.0 Å². The van der Waals surface area contributed by atoms with Crippen LogP contribution in [0.1, 0.15) is 55.8 Å². The Morgan fingerprint density at radius 3 is 2.40 bits per heavy atom. The van der Waals surface area contributed by atoms with Gasteiger partial charge in [-0.25, -0.2) is 0 Å². The molecule has 1 amide bonds. The van der Waals surface area contributed by atoms with Gasteiger partial charge in [-0.1, -0.05) is 27.7 Å². The number of aromatic hydroxyl groups is 1. The molecule has 42 heavy (non-hydrogen) atoms.